The third-order valence-electron chi connectivity index (χ3n) is 3.72. The van der Waals surface area contributed by atoms with Crippen molar-refractivity contribution in [2.75, 3.05) is 12.4 Å². The number of rotatable bonds is 4. The standard InChI is InChI=1S/C14H16ClFINO/c15-7-9-2-1-3-10(9)8-18-14(19)12-5-4-11(16)6-13(12)17/h4-6,9-10H,1-3,7-8H2,(H,18,19). The smallest absolute Gasteiger partial charge is 0.252 e. The van der Waals surface area contributed by atoms with E-state index in [1.807, 2.05) is 22.6 Å². The first-order chi connectivity index (χ1) is 9.11. The zero-order chi connectivity index (χ0) is 13.8. The van der Waals surface area contributed by atoms with Crippen molar-refractivity contribution in [2.45, 2.75) is 19.3 Å². The normalized spacial score (nSPS) is 22.5. The van der Waals surface area contributed by atoms with Gasteiger partial charge in [-0.25, -0.2) is 4.39 Å². The van der Waals surface area contributed by atoms with E-state index in [-0.39, 0.29) is 11.7 Å². The molecule has 1 aromatic rings. The van der Waals surface area contributed by atoms with Gasteiger partial charge in [0.1, 0.15) is 5.82 Å². The topological polar surface area (TPSA) is 29.1 Å². The molecular formula is C14H16ClFINO. The van der Waals surface area contributed by atoms with Crippen molar-refractivity contribution in [3.8, 4) is 0 Å². The van der Waals surface area contributed by atoms with E-state index in [2.05, 4.69) is 5.32 Å². The molecule has 1 aliphatic carbocycles. The van der Waals surface area contributed by atoms with Crippen LogP contribution in [0.2, 0.25) is 0 Å². The fourth-order valence-electron chi connectivity index (χ4n) is 2.58. The minimum Gasteiger partial charge on any atom is -0.352 e. The lowest BCUT2D eigenvalue weighted by Crippen LogP contribution is -2.31. The highest BCUT2D eigenvalue weighted by Crippen LogP contribution is 2.32. The second-order valence-corrected chi connectivity index (χ2v) is 6.41. The summed E-state index contributed by atoms with van der Waals surface area (Å²) in [5.41, 5.74) is 0.530. The summed E-state index contributed by atoms with van der Waals surface area (Å²) >= 11 is 7.90. The van der Waals surface area contributed by atoms with Gasteiger partial charge in [-0.15, -0.1) is 11.6 Å². The van der Waals surface area contributed by atoms with E-state index >= 15 is 0 Å². The molecule has 0 aliphatic heterocycles. The minimum absolute atomic E-state index is 0.135. The zero-order valence-corrected chi connectivity index (χ0v) is 13.4. The number of carbonyl (C=O) groups excluding carboxylic acids is 1. The summed E-state index contributed by atoms with van der Waals surface area (Å²) in [7, 11) is 0. The molecule has 2 rings (SSSR count). The average molecular weight is 396 g/mol. The first-order valence-corrected chi connectivity index (χ1v) is 8.02. The quantitative estimate of drug-likeness (QED) is 0.609. The minimum atomic E-state index is -0.320. The number of hydrogen-bond acceptors (Lipinski definition) is 1. The van der Waals surface area contributed by atoms with Gasteiger partial charge in [0, 0.05) is 16.0 Å². The Hall–Kier alpha value is -0.360. The van der Waals surface area contributed by atoms with E-state index in [0.29, 0.717) is 33.4 Å². The van der Waals surface area contributed by atoms with Crippen LogP contribution >= 0.6 is 34.2 Å². The van der Waals surface area contributed by atoms with Crippen LogP contribution in [0, 0.1) is 21.2 Å². The van der Waals surface area contributed by atoms with E-state index in [4.69, 9.17) is 11.6 Å². The lowest BCUT2D eigenvalue weighted by molar-refractivity contribution is 0.0944. The van der Waals surface area contributed by atoms with Gasteiger partial charge in [-0.05, 0) is 65.5 Å². The average Bonchev–Trinajstić information content (AvgIpc) is 2.83. The predicted octanol–water partition coefficient (Wildman–Crippen LogP) is 3.82. The highest BCUT2D eigenvalue weighted by atomic mass is 127. The molecule has 1 N–H and O–H groups in total. The number of hydrogen-bond donors (Lipinski definition) is 1. The van der Waals surface area contributed by atoms with Gasteiger partial charge in [-0.3, -0.25) is 4.79 Å². The second kappa shape index (κ2) is 6.88. The number of alkyl halides is 1. The molecule has 1 aromatic carbocycles. The lowest BCUT2D eigenvalue weighted by atomic mass is 9.98. The lowest BCUT2D eigenvalue weighted by Gasteiger charge is -2.17. The largest absolute Gasteiger partial charge is 0.352 e. The van der Waals surface area contributed by atoms with Crippen LogP contribution in [-0.4, -0.2) is 18.3 Å². The Kier molecular flexibility index (Phi) is 5.45. The van der Waals surface area contributed by atoms with Gasteiger partial charge in [0.25, 0.3) is 5.91 Å². The summed E-state index contributed by atoms with van der Waals surface area (Å²) in [6.07, 6.45) is 3.46. The zero-order valence-electron chi connectivity index (χ0n) is 10.5. The highest BCUT2D eigenvalue weighted by Gasteiger charge is 2.26. The molecule has 2 unspecified atom stereocenters. The van der Waals surface area contributed by atoms with Gasteiger partial charge in [0.15, 0.2) is 0 Å². The Balaban J connectivity index is 1.94. The summed E-state index contributed by atoms with van der Waals surface area (Å²) in [5, 5.41) is 2.94. The summed E-state index contributed by atoms with van der Waals surface area (Å²) in [6, 6.07) is 4.21. The van der Waals surface area contributed by atoms with Crippen LogP contribution in [0.5, 0.6) is 0 Å². The van der Waals surface area contributed by atoms with E-state index in [0.717, 1.165) is 12.8 Å². The van der Waals surface area contributed by atoms with Crippen molar-refractivity contribution in [2.24, 2.45) is 11.8 Å². The molecule has 1 saturated carbocycles. The maximum absolute atomic E-state index is 13.0. The molecule has 19 heavy (non-hydrogen) atoms. The Labute approximate surface area is 131 Å². The van der Waals surface area contributed by atoms with E-state index in [1.54, 1.807) is 0 Å². The van der Waals surface area contributed by atoms with Crippen LogP contribution in [0.25, 0.3) is 0 Å². The Morgan fingerprint density at radius 3 is 2.84 bits per heavy atom. The number of benzene rings is 1. The third-order valence-corrected chi connectivity index (χ3v) is 5.00. The maximum Gasteiger partial charge on any atom is 0.252 e. The molecular weight excluding hydrogens is 380 g/mol. The molecule has 0 spiro atoms. The van der Waals surface area contributed by atoms with Gasteiger partial charge < -0.3 is 5.32 Å². The predicted molar refractivity (Wildman–Crippen MR) is 83.0 cm³/mol. The van der Waals surface area contributed by atoms with E-state index in [1.165, 1.54) is 24.6 Å². The van der Waals surface area contributed by atoms with Crippen molar-refractivity contribution < 1.29 is 9.18 Å². The molecule has 1 amide bonds. The fourth-order valence-corrected chi connectivity index (χ4v) is 3.71. The van der Waals surface area contributed by atoms with Crippen LogP contribution in [0.3, 0.4) is 0 Å². The van der Waals surface area contributed by atoms with E-state index < -0.39 is 0 Å². The molecule has 0 bridgehead atoms. The van der Waals surface area contributed by atoms with Gasteiger partial charge in [0.05, 0.1) is 5.56 Å². The molecule has 1 fully saturated rings. The van der Waals surface area contributed by atoms with Crippen LogP contribution in [0.4, 0.5) is 4.39 Å². The number of amides is 1. The van der Waals surface area contributed by atoms with Gasteiger partial charge in [-0.2, -0.15) is 0 Å². The van der Waals surface area contributed by atoms with Crippen molar-refractivity contribution in [3.05, 3.63) is 33.1 Å². The molecule has 2 nitrogen and oxygen atoms in total. The Morgan fingerprint density at radius 1 is 1.42 bits per heavy atom. The Morgan fingerprint density at radius 2 is 2.16 bits per heavy atom. The summed E-state index contributed by atoms with van der Waals surface area (Å²) < 4.78 is 13.6. The van der Waals surface area contributed by atoms with Gasteiger partial charge in [-0.1, -0.05) is 6.42 Å². The summed E-state index contributed by atoms with van der Waals surface area (Å²) in [6.45, 7) is 0.656. The first kappa shape index (κ1) is 15.0. The highest BCUT2D eigenvalue weighted by molar-refractivity contribution is 14.1. The SMILES string of the molecule is O=C(NCC1CCCC1CCl)c1ccc(F)cc1I. The Bertz CT molecular complexity index is 469. The van der Waals surface area contributed by atoms with Crippen LogP contribution in [0.15, 0.2) is 18.2 Å². The van der Waals surface area contributed by atoms with Crippen LogP contribution < -0.4 is 5.32 Å². The number of carbonyl (C=O) groups is 1. The first-order valence-electron chi connectivity index (χ1n) is 6.41. The summed E-state index contributed by atoms with van der Waals surface area (Å²) in [5.74, 6) is 1.19. The molecule has 104 valence electrons. The van der Waals surface area contributed by atoms with Crippen LogP contribution in [0.1, 0.15) is 29.6 Å². The number of halogens is 3. The van der Waals surface area contributed by atoms with Crippen molar-refractivity contribution in [1.29, 1.82) is 0 Å². The molecule has 1 aliphatic rings. The molecule has 0 heterocycles. The molecule has 0 saturated heterocycles. The molecule has 0 radical (unpaired) electrons. The van der Waals surface area contributed by atoms with E-state index in [9.17, 15) is 9.18 Å². The van der Waals surface area contributed by atoms with Gasteiger partial charge in [0.2, 0.25) is 0 Å². The third kappa shape index (κ3) is 3.81. The number of nitrogens with one attached hydrogen (secondary N) is 1. The van der Waals surface area contributed by atoms with Crippen molar-refractivity contribution in [1.82, 2.24) is 5.32 Å². The fraction of sp³-hybridized carbons (Fsp3) is 0.500. The second-order valence-electron chi connectivity index (χ2n) is 4.94. The molecule has 2 atom stereocenters. The van der Waals surface area contributed by atoms with Crippen molar-refractivity contribution in [3.63, 3.8) is 0 Å². The van der Waals surface area contributed by atoms with Crippen LogP contribution in [-0.2, 0) is 0 Å². The molecule has 5 heteroatoms. The maximum atomic E-state index is 13.0. The monoisotopic (exact) mass is 395 g/mol. The summed E-state index contributed by atoms with van der Waals surface area (Å²) in [4.78, 5) is 12.1. The van der Waals surface area contributed by atoms with Gasteiger partial charge >= 0.3 is 0 Å². The molecule has 0 aromatic heterocycles. The van der Waals surface area contributed by atoms with Crippen molar-refractivity contribution >= 4 is 40.1 Å².